The van der Waals surface area contributed by atoms with E-state index in [1.54, 1.807) is 12.1 Å². The van der Waals surface area contributed by atoms with Crippen molar-refractivity contribution >= 4 is 56.8 Å². The minimum absolute atomic E-state index is 0.0185. The fourth-order valence-corrected chi connectivity index (χ4v) is 6.98. The van der Waals surface area contributed by atoms with Gasteiger partial charge in [0, 0.05) is 5.75 Å². The SMILES string of the molecule is CCCOc1cccc(C2C(C(=O)C=Cc3ccccc3)=C(O)C(=O)N2c2nnc(SCc3cccc4ccccc34)s2)c1. The first-order chi connectivity index (χ1) is 21.5. The van der Waals surface area contributed by atoms with Crippen LogP contribution < -0.4 is 9.64 Å². The van der Waals surface area contributed by atoms with E-state index in [-0.39, 0.29) is 5.57 Å². The maximum Gasteiger partial charge on any atom is 0.296 e. The zero-order valence-electron chi connectivity index (χ0n) is 23.9. The van der Waals surface area contributed by atoms with Gasteiger partial charge < -0.3 is 9.84 Å². The summed E-state index contributed by atoms with van der Waals surface area (Å²) in [5.41, 5.74) is 2.59. The maximum atomic E-state index is 13.6. The number of aliphatic hydroxyl groups is 1. The molecule has 1 N–H and O–H groups in total. The van der Waals surface area contributed by atoms with Crippen LogP contribution in [0.3, 0.4) is 0 Å². The minimum atomic E-state index is -0.913. The van der Waals surface area contributed by atoms with Crippen LogP contribution in [0.15, 0.2) is 119 Å². The highest BCUT2D eigenvalue weighted by atomic mass is 32.2. The number of hydrogen-bond acceptors (Lipinski definition) is 8. The van der Waals surface area contributed by atoms with Gasteiger partial charge in [0.25, 0.3) is 5.91 Å². The van der Waals surface area contributed by atoms with Crippen molar-refractivity contribution < 1.29 is 19.4 Å². The molecule has 0 aliphatic carbocycles. The van der Waals surface area contributed by atoms with Crippen LogP contribution in [-0.4, -0.2) is 33.6 Å². The van der Waals surface area contributed by atoms with Gasteiger partial charge >= 0.3 is 0 Å². The fourth-order valence-electron chi connectivity index (χ4n) is 5.11. The number of benzene rings is 4. The van der Waals surface area contributed by atoms with Gasteiger partial charge in [0.2, 0.25) is 5.13 Å². The Hall–Kier alpha value is -4.73. The van der Waals surface area contributed by atoms with Crippen LogP contribution in [0, 0.1) is 0 Å². The van der Waals surface area contributed by atoms with E-state index >= 15 is 0 Å². The Bertz CT molecular complexity index is 1880. The molecule has 0 fully saturated rings. The summed E-state index contributed by atoms with van der Waals surface area (Å²) in [5, 5.41) is 22.5. The van der Waals surface area contributed by atoms with Crippen LogP contribution in [0.1, 0.15) is 36.1 Å². The van der Waals surface area contributed by atoms with E-state index in [9.17, 15) is 14.7 Å². The molecule has 6 rings (SSSR count). The van der Waals surface area contributed by atoms with Crippen LogP contribution in [0.5, 0.6) is 5.75 Å². The van der Waals surface area contributed by atoms with Crippen molar-refractivity contribution in [2.75, 3.05) is 11.5 Å². The maximum absolute atomic E-state index is 13.6. The van der Waals surface area contributed by atoms with E-state index in [1.807, 2.05) is 73.7 Å². The first-order valence-electron chi connectivity index (χ1n) is 14.2. The molecule has 4 aromatic carbocycles. The van der Waals surface area contributed by atoms with Gasteiger partial charge in [-0.05, 0) is 52.1 Å². The molecule has 1 aromatic heterocycles. The number of amides is 1. The van der Waals surface area contributed by atoms with E-state index in [4.69, 9.17) is 4.74 Å². The molecule has 220 valence electrons. The molecule has 0 radical (unpaired) electrons. The summed E-state index contributed by atoms with van der Waals surface area (Å²) in [6.07, 6.45) is 3.88. The number of allylic oxidation sites excluding steroid dienone is 1. The third-order valence-electron chi connectivity index (χ3n) is 7.18. The van der Waals surface area contributed by atoms with Crippen molar-refractivity contribution in [1.82, 2.24) is 10.2 Å². The number of hydrogen-bond donors (Lipinski definition) is 1. The normalized spacial score (nSPS) is 15.1. The molecule has 1 unspecified atom stereocenters. The summed E-state index contributed by atoms with van der Waals surface area (Å²) in [5.74, 6) is -0.492. The van der Waals surface area contributed by atoms with E-state index in [0.717, 1.165) is 12.0 Å². The number of thioether (sulfide) groups is 1. The highest BCUT2D eigenvalue weighted by Crippen LogP contribution is 2.44. The lowest BCUT2D eigenvalue weighted by atomic mass is 9.95. The summed E-state index contributed by atoms with van der Waals surface area (Å²) in [4.78, 5) is 28.6. The van der Waals surface area contributed by atoms with Crippen LogP contribution in [0.2, 0.25) is 0 Å². The summed E-state index contributed by atoms with van der Waals surface area (Å²) in [6.45, 7) is 2.54. The van der Waals surface area contributed by atoms with Gasteiger partial charge in [0.05, 0.1) is 18.2 Å². The Morgan fingerprint density at radius 2 is 1.77 bits per heavy atom. The molecule has 1 amide bonds. The Labute approximate surface area is 263 Å². The van der Waals surface area contributed by atoms with Crippen molar-refractivity contribution in [2.24, 2.45) is 0 Å². The topological polar surface area (TPSA) is 92.6 Å². The monoisotopic (exact) mass is 619 g/mol. The second-order valence-electron chi connectivity index (χ2n) is 10.1. The molecule has 0 saturated heterocycles. The van der Waals surface area contributed by atoms with E-state index in [2.05, 4.69) is 34.5 Å². The van der Waals surface area contributed by atoms with Crippen molar-refractivity contribution in [3.05, 3.63) is 131 Å². The molecular formula is C35H29N3O4S2. The zero-order valence-corrected chi connectivity index (χ0v) is 25.6. The number of carbonyl (C=O) groups is 2. The number of fused-ring (bicyclic) bond motifs is 1. The summed E-state index contributed by atoms with van der Waals surface area (Å²) < 4.78 is 6.52. The van der Waals surface area contributed by atoms with Crippen molar-refractivity contribution in [3.63, 3.8) is 0 Å². The largest absolute Gasteiger partial charge is 0.503 e. The van der Waals surface area contributed by atoms with Crippen molar-refractivity contribution in [2.45, 2.75) is 29.5 Å². The molecule has 7 nitrogen and oxygen atoms in total. The van der Waals surface area contributed by atoms with Crippen LogP contribution in [-0.2, 0) is 15.3 Å². The number of ketones is 1. The van der Waals surface area contributed by atoms with Gasteiger partial charge in [-0.1, -0.05) is 121 Å². The van der Waals surface area contributed by atoms with Gasteiger partial charge in [-0.25, -0.2) is 0 Å². The summed E-state index contributed by atoms with van der Waals surface area (Å²) in [6, 6.07) is 30.1. The highest BCUT2D eigenvalue weighted by molar-refractivity contribution is 8.00. The molecule has 0 bridgehead atoms. The Morgan fingerprint density at radius 1 is 1.00 bits per heavy atom. The molecule has 0 saturated carbocycles. The standard InChI is InChI=1S/C35H29N3O4S2/c1-2-20-42-27-16-9-14-25(21-27)31-30(29(39)19-18-23-10-4-3-5-11-23)32(40)33(41)38(31)34-36-37-35(44-34)43-22-26-15-8-13-24-12-6-7-17-28(24)26/h3-19,21,31,40H,2,20,22H2,1H3. The summed E-state index contributed by atoms with van der Waals surface area (Å²) >= 11 is 2.77. The first-order valence-corrected chi connectivity index (χ1v) is 16.0. The minimum Gasteiger partial charge on any atom is -0.503 e. The smallest absolute Gasteiger partial charge is 0.296 e. The predicted molar refractivity (Wildman–Crippen MR) is 176 cm³/mol. The molecular weight excluding hydrogens is 591 g/mol. The molecule has 44 heavy (non-hydrogen) atoms. The van der Waals surface area contributed by atoms with Crippen LogP contribution >= 0.6 is 23.1 Å². The number of ether oxygens (including phenoxy) is 1. The van der Waals surface area contributed by atoms with E-state index < -0.39 is 23.5 Å². The average Bonchev–Trinajstić information content (AvgIpc) is 3.63. The third kappa shape index (κ3) is 6.15. The number of rotatable bonds is 11. The lowest BCUT2D eigenvalue weighted by molar-refractivity contribution is -0.117. The van der Waals surface area contributed by atoms with Gasteiger partial charge in [0.15, 0.2) is 15.9 Å². The van der Waals surface area contributed by atoms with Gasteiger partial charge in [-0.2, -0.15) is 0 Å². The van der Waals surface area contributed by atoms with Crippen LogP contribution in [0.25, 0.3) is 16.8 Å². The number of aromatic nitrogens is 2. The highest BCUT2D eigenvalue weighted by Gasteiger charge is 2.45. The molecule has 9 heteroatoms. The predicted octanol–water partition coefficient (Wildman–Crippen LogP) is 7.95. The Kier molecular flexibility index (Phi) is 8.86. The van der Waals surface area contributed by atoms with Crippen molar-refractivity contribution in [3.8, 4) is 5.75 Å². The number of carbonyl (C=O) groups excluding carboxylic acids is 2. The molecule has 2 heterocycles. The second-order valence-corrected chi connectivity index (χ2v) is 12.3. The van der Waals surface area contributed by atoms with Gasteiger partial charge in [-0.15, -0.1) is 10.2 Å². The summed E-state index contributed by atoms with van der Waals surface area (Å²) in [7, 11) is 0. The second kappa shape index (κ2) is 13.3. The van der Waals surface area contributed by atoms with Gasteiger partial charge in [0.1, 0.15) is 5.75 Å². The third-order valence-corrected chi connectivity index (χ3v) is 9.28. The molecule has 1 aliphatic rings. The zero-order chi connectivity index (χ0) is 30.5. The van der Waals surface area contributed by atoms with E-state index in [0.29, 0.717) is 33.1 Å². The molecule has 5 aromatic rings. The molecule has 0 spiro atoms. The number of nitrogens with zero attached hydrogens (tertiary/aromatic N) is 3. The lowest BCUT2D eigenvalue weighted by Gasteiger charge is -2.24. The van der Waals surface area contributed by atoms with Gasteiger partial charge in [-0.3, -0.25) is 14.5 Å². The molecule has 1 aliphatic heterocycles. The molecule has 1 atom stereocenters. The van der Waals surface area contributed by atoms with E-state index in [1.165, 1.54) is 50.4 Å². The first kappa shape index (κ1) is 29.3. The van der Waals surface area contributed by atoms with Crippen molar-refractivity contribution in [1.29, 1.82) is 0 Å². The lowest BCUT2D eigenvalue weighted by Crippen LogP contribution is -2.30. The fraction of sp³-hybridized carbons (Fsp3) is 0.143. The number of aliphatic hydroxyl groups excluding tert-OH is 1. The van der Waals surface area contributed by atoms with Crippen LogP contribution in [0.4, 0.5) is 5.13 Å². The quantitative estimate of drug-likeness (QED) is 0.0911. The Morgan fingerprint density at radius 3 is 2.61 bits per heavy atom. The Balaban J connectivity index is 1.32. The number of anilines is 1. The average molecular weight is 620 g/mol.